The van der Waals surface area contributed by atoms with Crippen molar-refractivity contribution in [3.63, 3.8) is 0 Å². The monoisotopic (exact) mass is 341 g/mol. The molecular formula is C17H24ClNO4. The van der Waals surface area contributed by atoms with Gasteiger partial charge in [-0.2, -0.15) is 0 Å². The number of rotatable bonds is 3. The second-order valence-corrected chi connectivity index (χ2v) is 7.02. The van der Waals surface area contributed by atoms with Crippen LogP contribution in [0.25, 0.3) is 0 Å². The number of hydrogen-bond acceptors (Lipinski definition) is 4. The minimum Gasteiger partial charge on any atom is -0.495 e. The first kappa shape index (κ1) is 17.9. The smallest absolute Gasteiger partial charge is 0.410 e. The minimum absolute atomic E-state index is 0.119. The maximum absolute atomic E-state index is 12.5. The number of methoxy groups -OCH3 is 2. The van der Waals surface area contributed by atoms with E-state index >= 15 is 0 Å². The van der Waals surface area contributed by atoms with Crippen LogP contribution in [0.3, 0.4) is 0 Å². The van der Waals surface area contributed by atoms with Gasteiger partial charge in [-0.25, -0.2) is 4.79 Å². The lowest BCUT2D eigenvalue weighted by atomic mass is 9.94. The van der Waals surface area contributed by atoms with Crippen molar-refractivity contribution in [1.82, 2.24) is 4.90 Å². The van der Waals surface area contributed by atoms with Crippen molar-refractivity contribution in [2.45, 2.75) is 45.4 Å². The molecule has 6 heteroatoms. The second-order valence-electron chi connectivity index (χ2n) is 6.64. The summed E-state index contributed by atoms with van der Waals surface area (Å²) in [5.41, 5.74) is 1.48. The molecule has 1 aromatic rings. The summed E-state index contributed by atoms with van der Waals surface area (Å²) in [6.45, 7) is 6.44. The topological polar surface area (TPSA) is 48.0 Å². The van der Waals surface area contributed by atoms with Crippen molar-refractivity contribution in [1.29, 1.82) is 0 Å². The van der Waals surface area contributed by atoms with E-state index in [1.807, 2.05) is 32.9 Å². The molecule has 1 aromatic carbocycles. The van der Waals surface area contributed by atoms with E-state index in [-0.39, 0.29) is 12.1 Å². The Morgan fingerprint density at radius 1 is 1.35 bits per heavy atom. The van der Waals surface area contributed by atoms with Gasteiger partial charge in [-0.15, -0.1) is 0 Å². The average molecular weight is 342 g/mol. The molecule has 1 amide bonds. The second kappa shape index (κ2) is 6.97. The molecular weight excluding hydrogens is 318 g/mol. The SMILES string of the molecule is COCC1Cc2c(ccc(OC)c2Cl)CN1C(=O)OC(C)(C)C. The highest BCUT2D eigenvalue weighted by Crippen LogP contribution is 2.36. The predicted molar refractivity (Wildman–Crippen MR) is 89.1 cm³/mol. The summed E-state index contributed by atoms with van der Waals surface area (Å²) >= 11 is 6.43. The van der Waals surface area contributed by atoms with Crippen LogP contribution in [0.2, 0.25) is 5.02 Å². The summed E-state index contributed by atoms with van der Waals surface area (Å²) in [6, 6.07) is 3.65. The highest BCUT2D eigenvalue weighted by atomic mass is 35.5. The number of benzene rings is 1. The lowest BCUT2D eigenvalue weighted by molar-refractivity contribution is 0.000899. The van der Waals surface area contributed by atoms with E-state index in [2.05, 4.69) is 0 Å². The van der Waals surface area contributed by atoms with Crippen LogP contribution in [0.1, 0.15) is 31.9 Å². The highest BCUT2D eigenvalue weighted by molar-refractivity contribution is 6.33. The van der Waals surface area contributed by atoms with Gasteiger partial charge >= 0.3 is 6.09 Å². The molecule has 0 fully saturated rings. The molecule has 0 aliphatic carbocycles. The number of hydrogen-bond donors (Lipinski definition) is 0. The van der Waals surface area contributed by atoms with Crippen molar-refractivity contribution in [2.75, 3.05) is 20.8 Å². The van der Waals surface area contributed by atoms with Crippen LogP contribution in [-0.2, 0) is 22.4 Å². The van der Waals surface area contributed by atoms with Crippen molar-refractivity contribution in [3.05, 3.63) is 28.3 Å². The van der Waals surface area contributed by atoms with Gasteiger partial charge in [0.05, 0.1) is 24.8 Å². The fourth-order valence-electron chi connectivity index (χ4n) is 2.70. The van der Waals surface area contributed by atoms with E-state index in [4.69, 9.17) is 25.8 Å². The summed E-state index contributed by atoms with van der Waals surface area (Å²) in [4.78, 5) is 14.2. The van der Waals surface area contributed by atoms with Gasteiger partial charge in [-0.05, 0) is 44.4 Å². The van der Waals surface area contributed by atoms with Crippen LogP contribution >= 0.6 is 11.6 Å². The van der Waals surface area contributed by atoms with Gasteiger partial charge in [0.1, 0.15) is 11.4 Å². The molecule has 128 valence electrons. The Hall–Kier alpha value is -1.46. The lowest BCUT2D eigenvalue weighted by Crippen LogP contribution is -2.48. The van der Waals surface area contributed by atoms with E-state index < -0.39 is 5.60 Å². The van der Waals surface area contributed by atoms with E-state index in [1.165, 1.54) is 0 Å². The summed E-state index contributed by atoms with van der Waals surface area (Å²) in [5, 5.41) is 0.606. The Morgan fingerprint density at radius 2 is 2.04 bits per heavy atom. The third kappa shape index (κ3) is 4.09. The van der Waals surface area contributed by atoms with Crippen LogP contribution in [0, 0.1) is 0 Å². The Labute approximate surface area is 142 Å². The van der Waals surface area contributed by atoms with Gasteiger partial charge in [-0.3, -0.25) is 4.90 Å². The van der Waals surface area contributed by atoms with Gasteiger partial charge in [0.15, 0.2) is 0 Å². The van der Waals surface area contributed by atoms with Crippen LogP contribution in [-0.4, -0.2) is 43.5 Å². The van der Waals surface area contributed by atoms with Crippen LogP contribution in [0.4, 0.5) is 4.79 Å². The molecule has 1 aliphatic heterocycles. The molecule has 2 rings (SSSR count). The largest absolute Gasteiger partial charge is 0.495 e. The standard InChI is InChI=1S/C17H24ClNO4/c1-17(2,3)23-16(20)19-9-11-6-7-14(22-5)15(18)13(11)8-12(19)10-21-4/h6-7,12H,8-10H2,1-5H3. The van der Waals surface area contributed by atoms with Crippen molar-refractivity contribution < 1.29 is 19.0 Å². The summed E-state index contributed by atoms with van der Waals surface area (Å²) in [6.07, 6.45) is 0.274. The first-order chi connectivity index (χ1) is 10.8. The Kier molecular flexibility index (Phi) is 5.42. The minimum atomic E-state index is -0.535. The molecule has 1 unspecified atom stereocenters. The summed E-state index contributed by atoms with van der Waals surface area (Å²) in [7, 11) is 3.21. The zero-order valence-electron chi connectivity index (χ0n) is 14.3. The normalized spacial score (nSPS) is 17.7. The van der Waals surface area contributed by atoms with Crippen LogP contribution in [0.15, 0.2) is 12.1 Å². The number of carbonyl (C=O) groups is 1. The third-order valence-electron chi connectivity index (χ3n) is 3.73. The van der Waals surface area contributed by atoms with Crippen LogP contribution < -0.4 is 4.74 Å². The van der Waals surface area contributed by atoms with E-state index in [9.17, 15) is 4.79 Å². The van der Waals surface area contributed by atoms with E-state index in [0.29, 0.717) is 30.3 Å². The Morgan fingerprint density at radius 3 is 2.61 bits per heavy atom. The maximum atomic E-state index is 12.5. The number of amides is 1. The number of nitrogens with zero attached hydrogens (tertiary/aromatic N) is 1. The predicted octanol–water partition coefficient (Wildman–Crippen LogP) is 3.66. The Bertz CT molecular complexity index is 583. The molecule has 0 radical (unpaired) electrons. The van der Waals surface area contributed by atoms with Gasteiger partial charge in [0.2, 0.25) is 0 Å². The molecule has 1 heterocycles. The average Bonchev–Trinajstić information content (AvgIpc) is 2.46. The quantitative estimate of drug-likeness (QED) is 0.841. The van der Waals surface area contributed by atoms with Gasteiger partial charge in [0.25, 0.3) is 0 Å². The molecule has 0 saturated heterocycles. The first-order valence-corrected chi connectivity index (χ1v) is 7.97. The molecule has 0 bridgehead atoms. The summed E-state index contributed by atoms with van der Waals surface area (Å²) < 4.78 is 16.1. The zero-order valence-corrected chi connectivity index (χ0v) is 15.1. The van der Waals surface area contributed by atoms with Crippen molar-refractivity contribution in [2.24, 2.45) is 0 Å². The zero-order chi connectivity index (χ0) is 17.2. The molecule has 5 nitrogen and oxygen atoms in total. The lowest BCUT2D eigenvalue weighted by Gasteiger charge is -2.37. The van der Waals surface area contributed by atoms with Gasteiger partial charge < -0.3 is 14.2 Å². The number of fused-ring (bicyclic) bond motifs is 1. The number of carbonyl (C=O) groups excluding carboxylic acids is 1. The van der Waals surface area contributed by atoms with Gasteiger partial charge in [0, 0.05) is 13.7 Å². The molecule has 0 saturated carbocycles. The molecule has 1 aliphatic rings. The van der Waals surface area contributed by atoms with Crippen molar-refractivity contribution in [3.8, 4) is 5.75 Å². The number of halogens is 1. The molecule has 23 heavy (non-hydrogen) atoms. The van der Waals surface area contributed by atoms with Crippen LogP contribution in [0.5, 0.6) is 5.75 Å². The van der Waals surface area contributed by atoms with E-state index in [1.54, 1.807) is 19.1 Å². The molecule has 0 aromatic heterocycles. The fourth-order valence-corrected chi connectivity index (χ4v) is 3.04. The Balaban J connectivity index is 2.31. The molecule has 0 spiro atoms. The number of ether oxygens (including phenoxy) is 3. The molecule has 0 N–H and O–H groups in total. The highest BCUT2D eigenvalue weighted by Gasteiger charge is 2.34. The van der Waals surface area contributed by atoms with Gasteiger partial charge in [-0.1, -0.05) is 17.7 Å². The van der Waals surface area contributed by atoms with Crippen molar-refractivity contribution >= 4 is 17.7 Å². The first-order valence-electron chi connectivity index (χ1n) is 7.59. The fraction of sp³-hybridized carbons (Fsp3) is 0.588. The molecule has 1 atom stereocenters. The summed E-state index contributed by atoms with van der Waals surface area (Å²) in [5.74, 6) is 0.646. The van der Waals surface area contributed by atoms with E-state index in [0.717, 1.165) is 11.1 Å². The maximum Gasteiger partial charge on any atom is 0.410 e. The third-order valence-corrected chi connectivity index (χ3v) is 4.15.